The van der Waals surface area contributed by atoms with Gasteiger partial charge < -0.3 is 9.47 Å². The Bertz CT molecular complexity index is 1010. The van der Waals surface area contributed by atoms with Gasteiger partial charge in [-0.25, -0.2) is 8.78 Å². The summed E-state index contributed by atoms with van der Waals surface area (Å²) < 4.78 is 43.8. The molecule has 0 bridgehead atoms. The highest BCUT2D eigenvalue weighted by atomic mass is 32.2. The molecule has 4 aliphatic carbocycles. The molecule has 0 radical (unpaired) electrons. The minimum absolute atomic E-state index is 0.0796. The zero-order valence-corrected chi connectivity index (χ0v) is 22.9. The maximum absolute atomic E-state index is 18.0. The van der Waals surface area contributed by atoms with Gasteiger partial charge in [0.2, 0.25) is 5.12 Å². The number of thioether (sulfide) groups is 1. The Hall–Kier alpha value is -1.54. The number of esters is 1. The van der Waals surface area contributed by atoms with Crippen molar-refractivity contribution in [3.05, 3.63) is 23.8 Å². The summed E-state index contributed by atoms with van der Waals surface area (Å²) in [4.78, 5) is 38.5. The summed E-state index contributed by atoms with van der Waals surface area (Å²) in [5.74, 6) is -1.86. The number of hydrogen-bond donors (Lipinski definition) is 0. The molecular weight excluding hydrogens is 486 g/mol. The first-order chi connectivity index (χ1) is 16.8. The molecule has 0 heterocycles. The molecular formula is C28H38F2O5S. The lowest BCUT2D eigenvalue weighted by atomic mass is 9.44. The van der Waals surface area contributed by atoms with Gasteiger partial charge in [-0.1, -0.05) is 32.4 Å². The summed E-state index contributed by atoms with van der Waals surface area (Å²) in [7, 11) is 0. The van der Waals surface area contributed by atoms with E-state index in [1.807, 2.05) is 34.6 Å². The molecule has 0 aliphatic heterocycles. The molecule has 4 rings (SSSR count). The standard InChI is InChI=1S/C28H38F2O5S/c1-7-23(32)35-28(24(33)36-15-29)17(4)12-21-20-9-8-18-13-19(31)10-11-25(18,5)27(20,30)22(34-16(2)3)14-26(21,28)6/h10-11,13,16-17,20-22H,7-9,12,14-15H2,1-6H3/t17-,20+,21+,22+,25+,26+,27+,28+/m1/s1. The summed E-state index contributed by atoms with van der Waals surface area (Å²) in [5.41, 5.74) is -4.60. The smallest absolute Gasteiger partial charge is 0.306 e. The fraction of sp³-hybridized carbons (Fsp3) is 0.750. The molecule has 200 valence electrons. The Morgan fingerprint density at radius 2 is 1.94 bits per heavy atom. The number of allylic oxidation sites excluding steroid dienone is 4. The molecule has 36 heavy (non-hydrogen) atoms. The van der Waals surface area contributed by atoms with Gasteiger partial charge in [0.25, 0.3) is 0 Å². The van der Waals surface area contributed by atoms with Crippen LogP contribution >= 0.6 is 11.8 Å². The van der Waals surface area contributed by atoms with Gasteiger partial charge in [-0.3, -0.25) is 14.4 Å². The monoisotopic (exact) mass is 524 g/mol. The number of halogens is 2. The second-order valence-electron chi connectivity index (χ2n) is 11.7. The van der Waals surface area contributed by atoms with Crippen molar-refractivity contribution in [3.63, 3.8) is 0 Å². The zero-order valence-electron chi connectivity index (χ0n) is 22.1. The lowest BCUT2D eigenvalue weighted by Gasteiger charge is -2.63. The Morgan fingerprint density at radius 1 is 1.25 bits per heavy atom. The fourth-order valence-corrected chi connectivity index (χ4v) is 8.86. The second kappa shape index (κ2) is 9.33. The van der Waals surface area contributed by atoms with Gasteiger partial charge in [0.15, 0.2) is 17.1 Å². The van der Waals surface area contributed by atoms with Crippen LogP contribution in [0.3, 0.4) is 0 Å². The van der Waals surface area contributed by atoms with Crippen molar-refractivity contribution in [2.75, 3.05) is 6.01 Å². The van der Waals surface area contributed by atoms with Crippen LogP contribution in [0.15, 0.2) is 23.8 Å². The van der Waals surface area contributed by atoms with Crippen LogP contribution in [0.5, 0.6) is 0 Å². The van der Waals surface area contributed by atoms with Crippen LogP contribution in [0.1, 0.15) is 73.6 Å². The van der Waals surface area contributed by atoms with Gasteiger partial charge in [-0.05, 0) is 76.3 Å². The predicted molar refractivity (Wildman–Crippen MR) is 135 cm³/mol. The van der Waals surface area contributed by atoms with E-state index in [1.54, 1.807) is 19.1 Å². The molecule has 8 heteroatoms. The van der Waals surface area contributed by atoms with Crippen molar-refractivity contribution in [2.24, 2.45) is 28.6 Å². The third-order valence-corrected chi connectivity index (χ3v) is 10.3. The largest absolute Gasteiger partial charge is 0.449 e. The van der Waals surface area contributed by atoms with Crippen molar-refractivity contribution in [2.45, 2.75) is 97.1 Å². The van der Waals surface area contributed by atoms with E-state index in [9.17, 15) is 18.8 Å². The molecule has 0 unspecified atom stereocenters. The SMILES string of the molecule is CCC(=O)O[C@]1(C(=O)SCF)[C@H](C)C[C@H]2[C@@H]3CCC4=CC(=O)C=C[C@]4(C)[C@@]3(F)[C@@H](OC(C)C)C[C@@]21C. The van der Waals surface area contributed by atoms with Crippen LogP contribution in [0, 0.1) is 28.6 Å². The molecule has 0 spiro atoms. The van der Waals surface area contributed by atoms with Crippen LogP contribution in [-0.2, 0) is 23.9 Å². The van der Waals surface area contributed by atoms with Crippen molar-refractivity contribution in [1.82, 2.24) is 0 Å². The first kappa shape index (κ1) is 27.5. The quantitative estimate of drug-likeness (QED) is 0.402. The molecule has 0 aromatic carbocycles. The van der Waals surface area contributed by atoms with Crippen LogP contribution < -0.4 is 0 Å². The molecule has 8 atom stereocenters. The van der Waals surface area contributed by atoms with Crippen molar-refractivity contribution < 1.29 is 32.6 Å². The van der Waals surface area contributed by atoms with Crippen LogP contribution in [0.4, 0.5) is 8.78 Å². The molecule has 0 aromatic heterocycles. The molecule has 3 saturated carbocycles. The highest BCUT2D eigenvalue weighted by molar-refractivity contribution is 8.13. The average Bonchev–Trinajstić information content (AvgIpc) is 3.02. The topological polar surface area (TPSA) is 69.7 Å². The van der Waals surface area contributed by atoms with Crippen molar-refractivity contribution >= 4 is 28.6 Å². The number of carbonyl (C=O) groups is 3. The Morgan fingerprint density at radius 3 is 2.56 bits per heavy atom. The van der Waals surface area contributed by atoms with E-state index in [2.05, 4.69) is 0 Å². The molecule has 0 aromatic rings. The lowest BCUT2D eigenvalue weighted by Crippen LogP contribution is -2.70. The summed E-state index contributed by atoms with van der Waals surface area (Å²) in [6.07, 6.45) is 5.26. The van der Waals surface area contributed by atoms with E-state index >= 15 is 4.39 Å². The van der Waals surface area contributed by atoms with Crippen LogP contribution in [-0.4, -0.2) is 46.4 Å². The van der Waals surface area contributed by atoms with Crippen LogP contribution in [0.25, 0.3) is 0 Å². The maximum Gasteiger partial charge on any atom is 0.306 e. The molecule has 4 aliphatic rings. The lowest BCUT2D eigenvalue weighted by molar-refractivity contribution is -0.241. The maximum atomic E-state index is 18.0. The van der Waals surface area contributed by atoms with Gasteiger partial charge in [-0.15, -0.1) is 0 Å². The van der Waals surface area contributed by atoms with E-state index in [1.165, 1.54) is 6.08 Å². The van der Waals surface area contributed by atoms with Gasteiger partial charge in [-0.2, -0.15) is 0 Å². The molecule has 0 amide bonds. The second-order valence-corrected chi connectivity index (χ2v) is 12.5. The molecule has 5 nitrogen and oxygen atoms in total. The van der Waals surface area contributed by atoms with Crippen LogP contribution in [0.2, 0.25) is 0 Å². The Balaban J connectivity index is 1.90. The first-order valence-corrected chi connectivity index (χ1v) is 14.0. The minimum Gasteiger partial charge on any atom is -0.449 e. The third-order valence-electron chi connectivity index (χ3n) is 9.65. The first-order valence-electron chi connectivity index (χ1n) is 13.0. The van der Waals surface area contributed by atoms with Gasteiger partial charge in [0.05, 0.1) is 12.2 Å². The third kappa shape index (κ3) is 3.60. The summed E-state index contributed by atoms with van der Waals surface area (Å²) in [6, 6.07) is -0.925. The highest BCUT2D eigenvalue weighted by Gasteiger charge is 2.77. The predicted octanol–water partition coefficient (Wildman–Crippen LogP) is 5.91. The number of ketones is 1. The number of alkyl halides is 2. The zero-order chi connectivity index (χ0) is 26.7. The number of rotatable bonds is 6. The molecule has 3 fully saturated rings. The van der Waals surface area contributed by atoms with E-state index in [4.69, 9.17) is 9.47 Å². The summed E-state index contributed by atoms with van der Waals surface area (Å²) in [5, 5.41) is -0.510. The summed E-state index contributed by atoms with van der Waals surface area (Å²) >= 11 is 0.524. The Kier molecular flexibility index (Phi) is 7.13. The van der Waals surface area contributed by atoms with Gasteiger partial charge >= 0.3 is 5.97 Å². The molecule has 0 N–H and O–H groups in total. The van der Waals surface area contributed by atoms with E-state index in [0.29, 0.717) is 31.0 Å². The number of hydrogen-bond acceptors (Lipinski definition) is 6. The average molecular weight is 525 g/mol. The van der Waals surface area contributed by atoms with Crippen molar-refractivity contribution in [3.8, 4) is 0 Å². The normalized spacial score (nSPS) is 43.5. The summed E-state index contributed by atoms with van der Waals surface area (Å²) in [6.45, 7) is 11.0. The van der Waals surface area contributed by atoms with E-state index in [-0.39, 0.29) is 30.6 Å². The fourth-order valence-electron chi connectivity index (χ4n) is 8.07. The van der Waals surface area contributed by atoms with Gasteiger partial charge in [0, 0.05) is 29.1 Å². The molecule has 0 saturated heterocycles. The number of fused-ring (bicyclic) bond motifs is 5. The van der Waals surface area contributed by atoms with Gasteiger partial charge in [0.1, 0.15) is 6.01 Å². The van der Waals surface area contributed by atoms with E-state index in [0.717, 1.165) is 5.57 Å². The number of ether oxygens (including phenoxy) is 2. The minimum atomic E-state index is -1.83. The highest BCUT2D eigenvalue weighted by Crippen LogP contribution is 2.72. The van der Waals surface area contributed by atoms with E-state index < -0.39 is 57.1 Å². The number of carbonyl (C=O) groups excluding carboxylic acids is 3. The Labute approximate surface area is 216 Å². The van der Waals surface area contributed by atoms with Crippen molar-refractivity contribution in [1.29, 1.82) is 0 Å².